The first-order valence-electron chi connectivity index (χ1n) is 17.4. The summed E-state index contributed by atoms with van der Waals surface area (Å²) in [7, 11) is 0. The summed E-state index contributed by atoms with van der Waals surface area (Å²) < 4.78 is 0. The fraction of sp³-hybridized carbons (Fsp3) is 0.676. The molecule has 0 aromatic carbocycles. The fourth-order valence-corrected chi connectivity index (χ4v) is 5.43. The molecule has 234 valence electrons. The van der Waals surface area contributed by atoms with E-state index < -0.39 is 0 Å². The average Bonchev–Trinajstić information content (AvgIpc) is 3.02. The van der Waals surface area contributed by atoms with Gasteiger partial charge in [0.2, 0.25) is 0 Å². The zero-order valence-electron chi connectivity index (χ0n) is 26.6. The normalized spacial score (nSPS) is 12.0. The lowest BCUT2D eigenvalue weighted by Crippen LogP contribution is -2.04. The molecular formula is C37H60N4O. The third kappa shape index (κ3) is 22.1. The third-order valence-electron chi connectivity index (χ3n) is 8.06. The van der Waals surface area contributed by atoms with Crippen molar-refractivity contribution in [2.45, 2.75) is 148 Å². The molecule has 0 unspecified atom stereocenters. The van der Waals surface area contributed by atoms with Crippen LogP contribution in [0.2, 0.25) is 0 Å². The van der Waals surface area contributed by atoms with Crippen molar-refractivity contribution in [3.63, 3.8) is 0 Å². The number of nitrogens with zero attached hydrogens (tertiary/aromatic N) is 4. The molecular weight excluding hydrogens is 516 g/mol. The van der Waals surface area contributed by atoms with Gasteiger partial charge in [-0.05, 0) is 79.7 Å². The number of hydrogen-bond acceptors (Lipinski definition) is 4. The molecule has 5 nitrogen and oxygen atoms in total. The highest BCUT2D eigenvalue weighted by Gasteiger charge is 1.99. The van der Waals surface area contributed by atoms with E-state index in [0.717, 1.165) is 37.0 Å². The Morgan fingerprint density at radius 3 is 1.60 bits per heavy atom. The van der Waals surface area contributed by atoms with Crippen LogP contribution in [0.25, 0.3) is 0 Å². The molecule has 0 aliphatic heterocycles. The highest BCUT2D eigenvalue weighted by atomic mass is 16.5. The third-order valence-corrected chi connectivity index (χ3v) is 8.06. The SMILES string of the molecule is [O-][N+](CCCCCCCCCCC=CCCc1cccnc1)=NCCCCCCCCCCCCCc1cccnc1. The lowest BCUT2D eigenvalue weighted by atomic mass is 10.0. The maximum atomic E-state index is 11.9. The van der Waals surface area contributed by atoms with Crippen molar-refractivity contribution >= 4 is 0 Å². The summed E-state index contributed by atoms with van der Waals surface area (Å²) in [4.78, 5) is 9.30. The smallest absolute Gasteiger partial charge is 0.180 e. The van der Waals surface area contributed by atoms with Gasteiger partial charge >= 0.3 is 0 Å². The van der Waals surface area contributed by atoms with Gasteiger partial charge in [0.05, 0.1) is 0 Å². The van der Waals surface area contributed by atoms with E-state index in [-0.39, 0.29) is 0 Å². The summed E-state index contributed by atoms with van der Waals surface area (Å²) >= 11 is 0. The topological polar surface area (TPSA) is 64.2 Å². The van der Waals surface area contributed by atoms with Gasteiger partial charge in [0.15, 0.2) is 6.54 Å². The van der Waals surface area contributed by atoms with E-state index in [0.29, 0.717) is 13.1 Å². The summed E-state index contributed by atoms with van der Waals surface area (Å²) in [6.45, 7) is 1.26. The molecule has 0 amide bonds. The first-order valence-corrected chi connectivity index (χ1v) is 17.4. The van der Waals surface area contributed by atoms with Crippen molar-refractivity contribution < 1.29 is 4.86 Å². The highest BCUT2D eigenvalue weighted by Crippen LogP contribution is 2.13. The van der Waals surface area contributed by atoms with Crippen molar-refractivity contribution in [1.82, 2.24) is 9.97 Å². The van der Waals surface area contributed by atoms with Gasteiger partial charge in [0.25, 0.3) is 0 Å². The van der Waals surface area contributed by atoms with Gasteiger partial charge in [-0.1, -0.05) is 119 Å². The molecule has 0 fully saturated rings. The van der Waals surface area contributed by atoms with E-state index in [1.807, 2.05) is 36.9 Å². The summed E-state index contributed by atoms with van der Waals surface area (Å²) in [6, 6.07) is 8.36. The maximum Gasteiger partial charge on any atom is 0.180 e. The second-order valence-electron chi connectivity index (χ2n) is 11.9. The summed E-state index contributed by atoms with van der Waals surface area (Å²) in [5.41, 5.74) is 2.68. The fourth-order valence-electron chi connectivity index (χ4n) is 5.43. The van der Waals surface area contributed by atoms with E-state index in [4.69, 9.17) is 0 Å². The summed E-state index contributed by atoms with van der Waals surface area (Å²) in [6.07, 6.45) is 41.1. The second kappa shape index (κ2) is 27.3. The van der Waals surface area contributed by atoms with Crippen LogP contribution in [0.4, 0.5) is 0 Å². The van der Waals surface area contributed by atoms with E-state index in [1.54, 1.807) is 0 Å². The van der Waals surface area contributed by atoms with Crippen molar-refractivity contribution in [3.05, 3.63) is 77.5 Å². The van der Waals surface area contributed by atoms with Gasteiger partial charge in [-0.15, -0.1) is 0 Å². The number of unbranched alkanes of at least 4 members (excludes halogenated alkanes) is 18. The molecule has 0 radical (unpaired) electrons. The number of aryl methyl sites for hydroxylation is 2. The number of hydroxylamine groups is 1. The number of pyridine rings is 2. The van der Waals surface area contributed by atoms with Crippen LogP contribution in [-0.2, 0) is 12.8 Å². The van der Waals surface area contributed by atoms with Crippen LogP contribution < -0.4 is 0 Å². The molecule has 0 N–H and O–H groups in total. The van der Waals surface area contributed by atoms with Crippen LogP contribution in [0.5, 0.6) is 0 Å². The van der Waals surface area contributed by atoms with E-state index in [1.165, 1.54) is 127 Å². The first kappa shape index (κ1) is 35.6. The minimum absolute atomic E-state index is 0.566. The molecule has 0 atom stereocenters. The lowest BCUT2D eigenvalue weighted by molar-refractivity contribution is -0.531. The molecule has 5 heteroatoms. The van der Waals surface area contributed by atoms with E-state index >= 15 is 0 Å². The van der Waals surface area contributed by atoms with E-state index in [2.05, 4.69) is 39.4 Å². The molecule has 0 aliphatic carbocycles. The molecule has 0 aliphatic rings. The van der Waals surface area contributed by atoms with Gasteiger partial charge in [-0.3, -0.25) is 9.97 Å². The Bertz CT molecular complexity index is 900. The largest absolute Gasteiger partial charge is 0.600 e. The quantitative estimate of drug-likeness (QED) is 0.0333. The lowest BCUT2D eigenvalue weighted by Gasteiger charge is -2.04. The van der Waals surface area contributed by atoms with Gasteiger partial charge in [-0.2, -0.15) is 0 Å². The van der Waals surface area contributed by atoms with Gasteiger partial charge in [0.1, 0.15) is 6.54 Å². The molecule has 42 heavy (non-hydrogen) atoms. The Morgan fingerprint density at radius 1 is 0.548 bits per heavy atom. The van der Waals surface area contributed by atoms with Crippen LogP contribution in [0.15, 0.2) is 66.3 Å². The Kier molecular flexibility index (Phi) is 23.1. The Hall–Kier alpha value is -2.56. The number of hydrogen-bond donors (Lipinski definition) is 0. The van der Waals surface area contributed by atoms with Crippen LogP contribution in [0, 0.1) is 5.21 Å². The first-order chi connectivity index (χ1) is 20.8. The number of allylic oxidation sites excluding steroid dienone is 2. The maximum absolute atomic E-state index is 11.9. The zero-order valence-corrected chi connectivity index (χ0v) is 26.6. The predicted molar refractivity (Wildman–Crippen MR) is 178 cm³/mol. The molecule has 2 rings (SSSR count). The zero-order chi connectivity index (χ0) is 29.6. The van der Waals surface area contributed by atoms with Crippen molar-refractivity contribution in [3.8, 4) is 0 Å². The van der Waals surface area contributed by atoms with Crippen LogP contribution >= 0.6 is 0 Å². The monoisotopic (exact) mass is 576 g/mol. The summed E-state index contributed by atoms with van der Waals surface area (Å²) in [5.74, 6) is 0. The molecule has 2 heterocycles. The van der Waals surface area contributed by atoms with Gasteiger partial charge in [-0.25, -0.2) is 0 Å². The minimum Gasteiger partial charge on any atom is -0.600 e. The predicted octanol–water partition coefficient (Wildman–Crippen LogP) is 11.0. The van der Waals surface area contributed by atoms with E-state index in [9.17, 15) is 5.21 Å². The van der Waals surface area contributed by atoms with Crippen LogP contribution in [0.1, 0.15) is 146 Å². The molecule has 0 saturated heterocycles. The minimum atomic E-state index is 0.566. The van der Waals surface area contributed by atoms with Crippen LogP contribution in [-0.4, -0.2) is 27.9 Å². The van der Waals surface area contributed by atoms with Crippen molar-refractivity contribution in [2.75, 3.05) is 13.1 Å². The van der Waals surface area contributed by atoms with Crippen molar-refractivity contribution in [1.29, 1.82) is 0 Å². The standard InChI is InChI=1S/C37H60N4O/c42-41(33-23-19-15-11-7-2-1-4-8-12-16-20-26-36-28-24-30-38-34-36)40-32-22-18-14-10-6-3-5-9-13-17-21-27-37-29-25-31-39-35-37/h12,16,24-25,28-31,34-35H,1-11,13-15,17-23,26-27,32-33H2. The second-order valence-corrected chi connectivity index (χ2v) is 11.9. The highest BCUT2D eigenvalue weighted by molar-refractivity contribution is 5.09. The number of aromatic nitrogens is 2. The Morgan fingerprint density at radius 2 is 1.02 bits per heavy atom. The van der Waals surface area contributed by atoms with Gasteiger partial charge in [0, 0.05) is 31.2 Å². The molecule has 0 bridgehead atoms. The number of azo groups is 1. The molecule has 2 aromatic rings. The Labute approximate surface area is 257 Å². The molecule has 2 aromatic heterocycles. The van der Waals surface area contributed by atoms with Crippen molar-refractivity contribution in [2.24, 2.45) is 5.11 Å². The summed E-state index contributed by atoms with van der Waals surface area (Å²) in [5, 5.41) is 16.1. The molecule has 0 saturated carbocycles. The van der Waals surface area contributed by atoms with Gasteiger partial charge < -0.3 is 5.21 Å². The molecule has 0 spiro atoms. The Balaban J connectivity index is 1.23. The van der Waals surface area contributed by atoms with Crippen LogP contribution in [0.3, 0.4) is 0 Å². The number of rotatable bonds is 28. The average molecular weight is 577 g/mol.